The first-order valence-electron chi connectivity index (χ1n) is 12.5. The number of aromatic nitrogens is 2. The SMILES string of the molecule is CCCN1C(=O)c2cc(C(=O)NCc3ccc(N(C)C)cc3)nn2CC1(C)C(=O)NC1CCCC1. The lowest BCUT2D eigenvalue weighted by Crippen LogP contribution is -2.65. The minimum Gasteiger partial charge on any atom is -0.378 e. The van der Waals surface area contributed by atoms with Crippen LogP contribution in [0.25, 0.3) is 0 Å². The third-order valence-electron chi connectivity index (χ3n) is 7.06. The molecule has 1 aliphatic carbocycles. The molecule has 2 N–H and O–H groups in total. The van der Waals surface area contributed by atoms with Crippen LogP contribution in [0.1, 0.15) is 72.5 Å². The van der Waals surface area contributed by atoms with Crippen molar-refractivity contribution in [1.82, 2.24) is 25.3 Å². The summed E-state index contributed by atoms with van der Waals surface area (Å²) >= 11 is 0. The second-order valence-electron chi connectivity index (χ2n) is 10.0. The number of benzene rings is 1. The zero-order valence-corrected chi connectivity index (χ0v) is 21.1. The first kappa shape index (κ1) is 24.8. The van der Waals surface area contributed by atoms with E-state index in [0.717, 1.165) is 43.4 Å². The lowest BCUT2D eigenvalue weighted by molar-refractivity contribution is -0.133. The predicted octanol–water partition coefficient (Wildman–Crippen LogP) is 2.56. The smallest absolute Gasteiger partial charge is 0.273 e. The van der Waals surface area contributed by atoms with E-state index in [2.05, 4.69) is 15.7 Å². The van der Waals surface area contributed by atoms with Crippen molar-refractivity contribution in [3.8, 4) is 0 Å². The number of amides is 3. The van der Waals surface area contributed by atoms with E-state index in [4.69, 9.17) is 0 Å². The highest BCUT2D eigenvalue weighted by atomic mass is 16.2. The quantitative estimate of drug-likeness (QED) is 0.605. The van der Waals surface area contributed by atoms with Gasteiger partial charge in [-0.15, -0.1) is 0 Å². The molecule has 4 rings (SSSR count). The van der Waals surface area contributed by atoms with Gasteiger partial charge in [0.25, 0.3) is 11.8 Å². The maximum absolute atomic E-state index is 13.4. The second-order valence-corrected chi connectivity index (χ2v) is 10.0. The maximum Gasteiger partial charge on any atom is 0.273 e. The van der Waals surface area contributed by atoms with E-state index in [1.165, 1.54) is 10.7 Å². The molecule has 1 fully saturated rings. The van der Waals surface area contributed by atoms with Crippen LogP contribution in [0, 0.1) is 0 Å². The molecule has 9 nitrogen and oxygen atoms in total. The van der Waals surface area contributed by atoms with Crippen LogP contribution in [0.5, 0.6) is 0 Å². The number of nitrogens with zero attached hydrogens (tertiary/aromatic N) is 4. The largest absolute Gasteiger partial charge is 0.378 e. The number of hydrogen-bond acceptors (Lipinski definition) is 5. The van der Waals surface area contributed by atoms with Crippen LogP contribution in [0.4, 0.5) is 5.69 Å². The molecule has 1 unspecified atom stereocenters. The van der Waals surface area contributed by atoms with E-state index in [0.29, 0.717) is 18.8 Å². The summed E-state index contributed by atoms with van der Waals surface area (Å²) in [5.41, 5.74) is 1.50. The molecule has 0 spiro atoms. The Hall–Kier alpha value is -3.36. The number of anilines is 1. The molecule has 1 aromatic heterocycles. The number of fused-ring (bicyclic) bond motifs is 1. The van der Waals surface area contributed by atoms with E-state index in [1.807, 2.05) is 50.2 Å². The highest BCUT2D eigenvalue weighted by Gasteiger charge is 2.48. The van der Waals surface area contributed by atoms with E-state index in [-0.39, 0.29) is 36.0 Å². The summed E-state index contributed by atoms with van der Waals surface area (Å²) in [5, 5.41) is 10.5. The molecule has 2 aliphatic rings. The van der Waals surface area contributed by atoms with Crippen molar-refractivity contribution in [3.05, 3.63) is 47.3 Å². The third-order valence-corrected chi connectivity index (χ3v) is 7.06. The van der Waals surface area contributed by atoms with Gasteiger partial charge in [-0.1, -0.05) is 31.9 Å². The topological polar surface area (TPSA) is 99.6 Å². The van der Waals surface area contributed by atoms with Gasteiger partial charge in [-0.2, -0.15) is 5.10 Å². The Morgan fingerprint density at radius 3 is 2.49 bits per heavy atom. The van der Waals surface area contributed by atoms with Gasteiger partial charge < -0.3 is 20.4 Å². The van der Waals surface area contributed by atoms with Crippen LogP contribution >= 0.6 is 0 Å². The molecule has 0 radical (unpaired) electrons. The average molecular weight is 481 g/mol. The van der Waals surface area contributed by atoms with Gasteiger partial charge in [0.2, 0.25) is 5.91 Å². The van der Waals surface area contributed by atoms with Crippen molar-refractivity contribution in [2.45, 2.75) is 70.6 Å². The van der Waals surface area contributed by atoms with E-state index in [9.17, 15) is 14.4 Å². The fourth-order valence-corrected chi connectivity index (χ4v) is 4.92. The Morgan fingerprint density at radius 2 is 1.86 bits per heavy atom. The molecule has 188 valence electrons. The van der Waals surface area contributed by atoms with Crippen molar-refractivity contribution in [2.75, 3.05) is 25.5 Å². The molecule has 2 heterocycles. The van der Waals surface area contributed by atoms with Crippen LogP contribution in [-0.2, 0) is 17.9 Å². The Bertz CT molecular complexity index is 1090. The Morgan fingerprint density at radius 1 is 1.17 bits per heavy atom. The second kappa shape index (κ2) is 10.1. The Kier molecular flexibility index (Phi) is 7.14. The van der Waals surface area contributed by atoms with Crippen LogP contribution in [0.15, 0.2) is 30.3 Å². The summed E-state index contributed by atoms with van der Waals surface area (Å²) in [4.78, 5) is 43.3. The molecule has 35 heavy (non-hydrogen) atoms. The van der Waals surface area contributed by atoms with Gasteiger partial charge in [-0.3, -0.25) is 19.1 Å². The van der Waals surface area contributed by atoms with Gasteiger partial charge in [-0.25, -0.2) is 0 Å². The third kappa shape index (κ3) is 5.04. The lowest BCUT2D eigenvalue weighted by atomic mass is 9.94. The van der Waals surface area contributed by atoms with Crippen LogP contribution in [-0.4, -0.2) is 64.6 Å². The van der Waals surface area contributed by atoms with Gasteiger partial charge >= 0.3 is 0 Å². The highest BCUT2D eigenvalue weighted by molar-refractivity contribution is 6.01. The zero-order chi connectivity index (χ0) is 25.2. The average Bonchev–Trinajstić information content (AvgIpc) is 3.50. The van der Waals surface area contributed by atoms with Crippen LogP contribution in [0.3, 0.4) is 0 Å². The van der Waals surface area contributed by atoms with Crippen molar-refractivity contribution >= 4 is 23.4 Å². The molecule has 2 aromatic rings. The van der Waals surface area contributed by atoms with Gasteiger partial charge in [0.15, 0.2) is 5.69 Å². The van der Waals surface area contributed by atoms with Crippen molar-refractivity contribution in [1.29, 1.82) is 0 Å². The molecule has 1 aromatic carbocycles. The summed E-state index contributed by atoms with van der Waals surface area (Å²) in [6.45, 7) is 4.81. The predicted molar refractivity (Wildman–Crippen MR) is 134 cm³/mol. The normalized spacial score (nSPS) is 20.0. The summed E-state index contributed by atoms with van der Waals surface area (Å²) in [6, 6.07) is 9.61. The fraction of sp³-hybridized carbons (Fsp3) is 0.538. The lowest BCUT2D eigenvalue weighted by Gasteiger charge is -2.43. The van der Waals surface area contributed by atoms with Crippen molar-refractivity contribution in [2.24, 2.45) is 0 Å². The molecule has 3 amide bonds. The number of rotatable bonds is 8. The molecule has 1 saturated carbocycles. The maximum atomic E-state index is 13.4. The number of nitrogens with one attached hydrogen (secondary N) is 2. The van der Waals surface area contributed by atoms with Crippen molar-refractivity contribution < 1.29 is 14.4 Å². The molecule has 0 saturated heterocycles. The van der Waals surface area contributed by atoms with Gasteiger partial charge in [0.05, 0.1) is 6.54 Å². The molecular formula is C26H36N6O3. The monoisotopic (exact) mass is 480 g/mol. The summed E-state index contributed by atoms with van der Waals surface area (Å²) in [7, 11) is 3.95. The Balaban J connectivity index is 1.50. The van der Waals surface area contributed by atoms with E-state index < -0.39 is 5.54 Å². The molecular weight excluding hydrogens is 444 g/mol. The van der Waals surface area contributed by atoms with E-state index in [1.54, 1.807) is 11.8 Å². The molecule has 1 atom stereocenters. The zero-order valence-electron chi connectivity index (χ0n) is 21.1. The highest BCUT2D eigenvalue weighted by Crippen LogP contribution is 2.29. The van der Waals surface area contributed by atoms with E-state index >= 15 is 0 Å². The van der Waals surface area contributed by atoms with Crippen LogP contribution in [0.2, 0.25) is 0 Å². The van der Waals surface area contributed by atoms with Crippen molar-refractivity contribution in [3.63, 3.8) is 0 Å². The van der Waals surface area contributed by atoms with Gasteiger partial charge in [0.1, 0.15) is 11.2 Å². The molecule has 0 bridgehead atoms. The summed E-state index contributed by atoms with van der Waals surface area (Å²) < 4.78 is 1.52. The fourth-order valence-electron chi connectivity index (χ4n) is 4.92. The molecule has 9 heteroatoms. The molecule has 1 aliphatic heterocycles. The number of carbonyl (C=O) groups is 3. The first-order valence-corrected chi connectivity index (χ1v) is 12.5. The van der Waals surface area contributed by atoms with Crippen LogP contribution < -0.4 is 15.5 Å². The van der Waals surface area contributed by atoms with Gasteiger partial charge in [0, 0.05) is 45.0 Å². The summed E-state index contributed by atoms with van der Waals surface area (Å²) in [5.74, 6) is -0.775. The minimum atomic E-state index is -1.06. The Labute approximate surface area is 206 Å². The number of carbonyl (C=O) groups excluding carboxylic acids is 3. The van der Waals surface area contributed by atoms with Gasteiger partial charge in [-0.05, 0) is 43.9 Å². The first-order chi connectivity index (χ1) is 16.7. The summed E-state index contributed by atoms with van der Waals surface area (Å²) in [6.07, 6.45) is 4.89. The minimum absolute atomic E-state index is 0.153. The standard InChI is InChI=1S/C26H36N6O3/c1-5-14-31-24(34)22-15-21(23(33)27-16-18-10-12-20(13-11-18)30(3)4)29-32(22)17-26(31,2)25(35)28-19-8-6-7-9-19/h10-13,15,19H,5-9,14,16-17H2,1-4H3,(H,27,33)(H,28,35). The number of hydrogen-bond donors (Lipinski definition) is 2.